The average molecular weight is 279 g/mol. The largest absolute Gasteiger partial charge is 0.419 e. The van der Waals surface area contributed by atoms with E-state index in [1.807, 2.05) is 13.8 Å². The number of benzene rings is 1. The van der Waals surface area contributed by atoms with Crippen molar-refractivity contribution in [1.82, 2.24) is 5.32 Å². The first-order valence-corrected chi connectivity index (χ1v) is 5.96. The van der Waals surface area contributed by atoms with Crippen LogP contribution in [0.15, 0.2) is 18.2 Å². The van der Waals surface area contributed by atoms with E-state index in [9.17, 15) is 22.7 Å². The summed E-state index contributed by atoms with van der Waals surface area (Å²) in [6.07, 6.45) is -4.74. The van der Waals surface area contributed by atoms with E-state index in [4.69, 9.17) is 0 Å². The van der Waals surface area contributed by atoms with Crippen LogP contribution >= 0.6 is 0 Å². The summed E-state index contributed by atoms with van der Waals surface area (Å²) in [5, 5.41) is 12.2. The van der Waals surface area contributed by atoms with Crippen LogP contribution in [0.1, 0.15) is 31.0 Å². The van der Waals surface area contributed by atoms with Crippen molar-refractivity contribution in [2.24, 2.45) is 5.92 Å². The molecule has 0 saturated carbocycles. The number of halogens is 4. The Kier molecular flexibility index (Phi) is 5.31. The van der Waals surface area contributed by atoms with Crippen LogP contribution in [-0.4, -0.2) is 18.3 Å². The van der Waals surface area contributed by atoms with Gasteiger partial charge in [0.05, 0.1) is 18.2 Å². The predicted molar refractivity (Wildman–Crippen MR) is 64.1 cm³/mol. The van der Waals surface area contributed by atoms with Gasteiger partial charge in [-0.05, 0) is 30.2 Å². The topological polar surface area (TPSA) is 32.3 Å². The number of aliphatic hydroxyl groups excluding tert-OH is 1. The Labute approximate surface area is 109 Å². The number of hydrogen-bond donors (Lipinski definition) is 2. The average Bonchev–Trinajstić information content (AvgIpc) is 2.29. The number of nitrogens with one attached hydrogen (secondary N) is 1. The SMILES string of the molecule is CC(C)CNC(CO)c1ccc(F)c(C(F)(F)F)c1. The highest BCUT2D eigenvalue weighted by atomic mass is 19.4. The maximum absolute atomic E-state index is 13.1. The van der Waals surface area contributed by atoms with Gasteiger partial charge in [-0.3, -0.25) is 0 Å². The molecule has 0 aliphatic heterocycles. The molecule has 1 aromatic rings. The van der Waals surface area contributed by atoms with Crippen molar-refractivity contribution in [3.05, 3.63) is 35.1 Å². The van der Waals surface area contributed by atoms with Crippen molar-refractivity contribution in [2.75, 3.05) is 13.2 Å². The van der Waals surface area contributed by atoms with E-state index in [2.05, 4.69) is 5.32 Å². The van der Waals surface area contributed by atoms with Crippen molar-refractivity contribution < 1.29 is 22.7 Å². The highest BCUT2D eigenvalue weighted by Crippen LogP contribution is 2.33. The van der Waals surface area contributed by atoms with Gasteiger partial charge in [-0.1, -0.05) is 19.9 Å². The summed E-state index contributed by atoms with van der Waals surface area (Å²) in [5.74, 6) is -1.02. The van der Waals surface area contributed by atoms with Crippen LogP contribution in [0.5, 0.6) is 0 Å². The fourth-order valence-corrected chi connectivity index (χ4v) is 1.64. The molecule has 0 aliphatic rings. The highest BCUT2D eigenvalue weighted by molar-refractivity contribution is 5.29. The number of alkyl halides is 3. The smallest absolute Gasteiger partial charge is 0.394 e. The highest BCUT2D eigenvalue weighted by Gasteiger charge is 2.34. The molecule has 2 N–H and O–H groups in total. The Hall–Kier alpha value is -1.14. The molecular formula is C13H17F4NO. The summed E-state index contributed by atoms with van der Waals surface area (Å²) in [5.41, 5.74) is -1.09. The van der Waals surface area contributed by atoms with Crippen LogP contribution in [0, 0.1) is 11.7 Å². The number of rotatable bonds is 5. The van der Waals surface area contributed by atoms with Crippen LogP contribution in [0.3, 0.4) is 0 Å². The fourth-order valence-electron chi connectivity index (χ4n) is 1.64. The van der Waals surface area contributed by atoms with Crippen LogP contribution < -0.4 is 5.32 Å². The zero-order valence-corrected chi connectivity index (χ0v) is 10.8. The van der Waals surface area contributed by atoms with Gasteiger partial charge >= 0.3 is 6.18 Å². The van der Waals surface area contributed by atoms with Crippen molar-refractivity contribution in [3.8, 4) is 0 Å². The maximum Gasteiger partial charge on any atom is 0.419 e. The number of aliphatic hydroxyl groups is 1. The molecule has 2 nitrogen and oxygen atoms in total. The molecule has 0 fully saturated rings. The minimum atomic E-state index is -4.74. The van der Waals surface area contributed by atoms with Gasteiger partial charge < -0.3 is 10.4 Å². The molecular weight excluding hydrogens is 262 g/mol. The van der Waals surface area contributed by atoms with E-state index in [1.54, 1.807) is 0 Å². The van der Waals surface area contributed by atoms with E-state index in [0.717, 1.165) is 12.1 Å². The van der Waals surface area contributed by atoms with E-state index in [1.165, 1.54) is 6.07 Å². The van der Waals surface area contributed by atoms with Gasteiger partial charge in [0, 0.05) is 0 Å². The minimum Gasteiger partial charge on any atom is -0.394 e. The predicted octanol–water partition coefficient (Wildman–Crippen LogP) is 3.12. The number of hydrogen-bond acceptors (Lipinski definition) is 2. The molecule has 1 atom stereocenters. The first kappa shape index (κ1) is 15.9. The lowest BCUT2D eigenvalue weighted by atomic mass is 10.0. The van der Waals surface area contributed by atoms with Crippen molar-refractivity contribution in [2.45, 2.75) is 26.1 Å². The van der Waals surface area contributed by atoms with E-state index in [-0.39, 0.29) is 18.1 Å². The third kappa shape index (κ3) is 4.47. The molecule has 0 spiro atoms. The molecule has 0 bridgehead atoms. The monoisotopic (exact) mass is 279 g/mol. The van der Waals surface area contributed by atoms with Gasteiger partial charge in [-0.25, -0.2) is 4.39 Å². The zero-order valence-electron chi connectivity index (χ0n) is 10.8. The summed E-state index contributed by atoms with van der Waals surface area (Å²) in [6, 6.07) is 2.13. The zero-order chi connectivity index (χ0) is 14.6. The molecule has 1 rings (SSSR count). The van der Waals surface area contributed by atoms with Gasteiger partial charge in [0.1, 0.15) is 5.82 Å². The molecule has 0 aromatic heterocycles. The van der Waals surface area contributed by atoms with Gasteiger partial charge in [0.15, 0.2) is 0 Å². The summed E-state index contributed by atoms with van der Waals surface area (Å²) in [4.78, 5) is 0. The molecule has 0 saturated heterocycles. The molecule has 1 unspecified atom stereocenters. The van der Waals surface area contributed by atoms with Crippen molar-refractivity contribution in [3.63, 3.8) is 0 Å². The summed E-state index contributed by atoms with van der Waals surface area (Å²) in [7, 11) is 0. The van der Waals surface area contributed by atoms with Gasteiger partial charge in [0.2, 0.25) is 0 Å². The van der Waals surface area contributed by atoms with E-state index in [0.29, 0.717) is 6.54 Å². The van der Waals surface area contributed by atoms with Crippen LogP contribution in [0.2, 0.25) is 0 Å². The second-order valence-electron chi connectivity index (χ2n) is 4.77. The molecule has 0 radical (unpaired) electrons. The maximum atomic E-state index is 13.1. The molecule has 19 heavy (non-hydrogen) atoms. The minimum absolute atomic E-state index is 0.219. The first-order chi connectivity index (χ1) is 8.75. The molecule has 1 aromatic carbocycles. The van der Waals surface area contributed by atoms with Crippen LogP contribution in [0.25, 0.3) is 0 Å². The summed E-state index contributed by atoms with van der Waals surface area (Å²) >= 11 is 0. The quantitative estimate of drug-likeness (QED) is 0.812. The molecule has 0 amide bonds. The van der Waals surface area contributed by atoms with E-state index < -0.39 is 23.6 Å². The standard InChI is InChI=1S/C13H17F4NO/c1-8(2)6-18-12(7-19)9-3-4-11(14)10(5-9)13(15,16)17/h3-5,8,12,18-19H,6-7H2,1-2H3. The third-order valence-electron chi connectivity index (χ3n) is 2.65. The summed E-state index contributed by atoms with van der Waals surface area (Å²) in [6.45, 7) is 4.07. The first-order valence-electron chi connectivity index (χ1n) is 5.96. The lowest BCUT2D eigenvalue weighted by molar-refractivity contribution is -0.140. The van der Waals surface area contributed by atoms with E-state index >= 15 is 0 Å². The van der Waals surface area contributed by atoms with Gasteiger partial charge in [0.25, 0.3) is 0 Å². The lowest BCUT2D eigenvalue weighted by Gasteiger charge is -2.19. The van der Waals surface area contributed by atoms with Crippen LogP contribution in [-0.2, 0) is 6.18 Å². The summed E-state index contributed by atoms with van der Waals surface area (Å²) < 4.78 is 50.9. The van der Waals surface area contributed by atoms with Crippen molar-refractivity contribution in [1.29, 1.82) is 0 Å². The third-order valence-corrected chi connectivity index (χ3v) is 2.65. The van der Waals surface area contributed by atoms with Crippen molar-refractivity contribution >= 4 is 0 Å². The van der Waals surface area contributed by atoms with Crippen LogP contribution in [0.4, 0.5) is 17.6 Å². The Morgan fingerprint density at radius 1 is 1.26 bits per heavy atom. The Bertz CT molecular complexity index is 418. The molecule has 0 aliphatic carbocycles. The Balaban J connectivity index is 2.99. The van der Waals surface area contributed by atoms with Gasteiger partial charge in [-0.2, -0.15) is 13.2 Å². The second-order valence-corrected chi connectivity index (χ2v) is 4.77. The molecule has 0 heterocycles. The Morgan fingerprint density at radius 3 is 2.37 bits per heavy atom. The molecule has 6 heteroatoms. The Morgan fingerprint density at radius 2 is 1.89 bits per heavy atom. The lowest BCUT2D eigenvalue weighted by Crippen LogP contribution is -2.28. The fraction of sp³-hybridized carbons (Fsp3) is 0.538. The normalized spacial score (nSPS) is 13.9. The van der Waals surface area contributed by atoms with Gasteiger partial charge in [-0.15, -0.1) is 0 Å². The molecule has 108 valence electrons. The second kappa shape index (κ2) is 6.34.